The van der Waals surface area contributed by atoms with Crippen molar-refractivity contribution in [1.29, 1.82) is 0 Å². The van der Waals surface area contributed by atoms with Crippen LogP contribution in [0.5, 0.6) is 0 Å². The quantitative estimate of drug-likeness (QED) is 0.338. The van der Waals surface area contributed by atoms with Crippen LogP contribution in [0.1, 0.15) is 26.3 Å². The van der Waals surface area contributed by atoms with Gasteiger partial charge in [0.2, 0.25) is 0 Å². The number of amides is 1. The number of alkyl halides is 1. The molecule has 0 bridgehead atoms. The van der Waals surface area contributed by atoms with Gasteiger partial charge in [-0.05, 0) is 5.56 Å². The first-order valence-corrected chi connectivity index (χ1v) is 10.3. The number of carbonyl (C=O) groups excluding carboxylic acids is 4. The van der Waals surface area contributed by atoms with Crippen LogP contribution in [0.15, 0.2) is 30.3 Å². The minimum atomic E-state index is -1.13. The molecule has 2 rings (SSSR count). The highest BCUT2D eigenvalue weighted by molar-refractivity contribution is 9.09. The largest absolute Gasteiger partial charge is 0.463 e. The Morgan fingerprint density at radius 1 is 0.935 bits per heavy atom. The first kappa shape index (κ1) is 24.6. The summed E-state index contributed by atoms with van der Waals surface area (Å²) in [6, 6.07) is 7.96. The Labute approximate surface area is 187 Å². The van der Waals surface area contributed by atoms with Crippen molar-refractivity contribution in [3.63, 3.8) is 0 Å². The van der Waals surface area contributed by atoms with E-state index in [1.165, 1.54) is 20.8 Å². The Bertz CT molecular complexity index is 788. The summed E-state index contributed by atoms with van der Waals surface area (Å²) in [6.07, 6.45) is -3.95. The van der Waals surface area contributed by atoms with E-state index >= 15 is 0 Å². The van der Waals surface area contributed by atoms with Crippen LogP contribution in [0.4, 0.5) is 4.79 Å². The number of nitrogens with one attached hydrogen (secondary N) is 1. The Kier molecular flexibility index (Phi) is 9.25. The predicted molar refractivity (Wildman–Crippen MR) is 109 cm³/mol. The molecule has 1 aromatic carbocycles. The van der Waals surface area contributed by atoms with Crippen LogP contribution in [-0.2, 0) is 44.7 Å². The zero-order valence-corrected chi connectivity index (χ0v) is 18.8. The summed E-state index contributed by atoms with van der Waals surface area (Å²) in [4.78, 5) is 47.0. The van der Waals surface area contributed by atoms with Gasteiger partial charge in [0.1, 0.15) is 25.4 Å². The zero-order valence-electron chi connectivity index (χ0n) is 17.2. The van der Waals surface area contributed by atoms with Crippen molar-refractivity contribution in [3.05, 3.63) is 35.9 Å². The molecule has 1 fully saturated rings. The monoisotopic (exact) mass is 501 g/mol. The van der Waals surface area contributed by atoms with Gasteiger partial charge in [0.15, 0.2) is 17.2 Å². The van der Waals surface area contributed by atoms with Crippen LogP contribution >= 0.6 is 15.9 Å². The van der Waals surface area contributed by atoms with Crippen molar-refractivity contribution >= 4 is 39.9 Å². The second kappa shape index (κ2) is 11.7. The predicted octanol–water partition coefficient (Wildman–Crippen LogP) is 1.83. The van der Waals surface area contributed by atoms with Gasteiger partial charge < -0.3 is 29.0 Å². The second-order valence-electron chi connectivity index (χ2n) is 6.71. The molecule has 0 spiro atoms. The van der Waals surface area contributed by atoms with Crippen LogP contribution in [0, 0.1) is 0 Å². The van der Waals surface area contributed by atoms with Crippen LogP contribution in [0.2, 0.25) is 0 Å². The number of rotatable bonds is 7. The number of hydrogen-bond donors (Lipinski definition) is 1. The average Bonchev–Trinajstić information content (AvgIpc) is 2.70. The van der Waals surface area contributed by atoms with Gasteiger partial charge in [-0.25, -0.2) is 4.79 Å². The topological polar surface area (TPSA) is 126 Å². The number of alkyl carbamates (subject to hydrolysis) is 1. The number of esters is 3. The van der Waals surface area contributed by atoms with E-state index < -0.39 is 53.4 Å². The summed E-state index contributed by atoms with van der Waals surface area (Å²) in [7, 11) is 0. The average molecular weight is 502 g/mol. The molecule has 0 aromatic heterocycles. The van der Waals surface area contributed by atoms with Gasteiger partial charge in [-0.15, -0.1) is 0 Å². The van der Waals surface area contributed by atoms with Gasteiger partial charge in [-0.1, -0.05) is 46.3 Å². The molecule has 0 saturated carbocycles. The smallest absolute Gasteiger partial charge is 0.407 e. The molecular formula is C20H24BrNO9. The molecule has 10 nitrogen and oxygen atoms in total. The molecule has 1 amide bonds. The molecule has 1 aliphatic heterocycles. The number of carbonyl (C=O) groups is 4. The highest BCUT2D eigenvalue weighted by Crippen LogP contribution is 2.30. The number of ether oxygens (including phenoxy) is 5. The fourth-order valence-electron chi connectivity index (χ4n) is 2.96. The normalized spacial score (nSPS) is 25.1. The molecule has 1 aromatic rings. The lowest BCUT2D eigenvalue weighted by atomic mass is 9.97. The molecule has 1 saturated heterocycles. The van der Waals surface area contributed by atoms with Gasteiger partial charge in [-0.3, -0.25) is 14.4 Å². The Balaban J connectivity index is 2.21. The van der Waals surface area contributed by atoms with E-state index in [2.05, 4.69) is 21.2 Å². The Hall–Kier alpha value is -2.66. The highest BCUT2D eigenvalue weighted by atomic mass is 79.9. The van der Waals surface area contributed by atoms with E-state index in [1.807, 2.05) is 6.07 Å². The van der Waals surface area contributed by atoms with Gasteiger partial charge in [-0.2, -0.15) is 0 Å². The molecule has 1 heterocycles. The van der Waals surface area contributed by atoms with Gasteiger partial charge in [0.05, 0.1) is 0 Å². The maximum atomic E-state index is 12.5. The lowest BCUT2D eigenvalue weighted by Gasteiger charge is -2.43. The van der Waals surface area contributed by atoms with Crippen LogP contribution in [-0.4, -0.2) is 60.0 Å². The third-order valence-corrected chi connectivity index (χ3v) is 4.93. The summed E-state index contributed by atoms with van der Waals surface area (Å²) in [5.74, 6) is -1.87. The molecular weight excluding hydrogens is 478 g/mol. The molecule has 0 radical (unpaired) electrons. The molecule has 31 heavy (non-hydrogen) atoms. The maximum Gasteiger partial charge on any atom is 0.407 e. The second-order valence-corrected chi connectivity index (χ2v) is 7.61. The molecule has 5 atom stereocenters. The molecule has 1 N–H and O–H groups in total. The van der Waals surface area contributed by atoms with E-state index in [0.29, 0.717) is 0 Å². The number of halogens is 1. The van der Waals surface area contributed by atoms with Crippen molar-refractivity contribution in [2.45, 2.75) is 56.7 Å². The van der Waals surface area contributed by atoms with E-state index in [-0.39, 0.29) is 13.2 Å². The maximum absolute atomic E-state index is 12.5. The molecule has 11 heteroatoms. The summed E-state index contributed by atoms with van der Waals surface area (Å²) in [6.45, 7) is 3.33. The van der Waals surface area contributed by atoms with Crippen LogP contribution in [0.25, 0.3) is 0 Å². The Morgan fingerprint density at radius 3 is 2.13 bits per heavy atom. The Morgan fingerprint density at radius 2 is 1.55 bits per heavy atom. The van der Waals surface area contributed by atoms with Gasteiger partial charge >= 0.3 is 24.0 Å². The van der Waals surface area contributed by atoms with E-state index in [9.17, 15) is 19.2 Å². The van der Waals surface area contributed by atoms with Crippen molar-refractivity contribution in [2.24, 2.45) is 0 Å². The van der Waals surface area contributed by atoms with Crippen molar-refractivity contribution in [3.8, 4) is 0 Å². The summed E-state index contributed by atoms with van der Waals surface area (Å²) < 4.78 is 26.5. The lowest BCUT2D eigenvalue weighted by molar-refractivity contribution is -0.203. The SMILES string of the molecule is CC(=O)OC[C@H]1O[C@H](Br)[C@H](OC(C)=O)[C@@H](NC(=O)OCc2ccccc2)[C@@H]1OC(C)=O. The number of benzene rings is 1. The van der Waals surface area contributed by atoms with Crippen LogP contribution in [0.3, 0.4) is 0 Å². The molecule has 0 aliphatic carbocycles. The number of hydrogen-bond acceptors (Lipinski definition) is 9. The van der Waals surface area contributed by atoms with Crippen molar-refractivity contribution in [2.75, 3.05) is 6.61 Å². The van der Waals surface area contributed by atoms with E-state index in [1.54, 1.807) is 24.3 Å². The molecule has 0 unspecified atom stereocenters. The van der Waals surface area contributed by atoms with Crippen LogP contribution < -0.4 is 5.32 Å². The fraction of sp³-hybridized carbons (Fsp3) is 0.500. The fourth-order valence-corrected chi connectivity index (χ4v) is 3.68. The standard InChI is InChI=1S/C20H24BrNO9/c1-11(23)27-10-15-17(29-12(2)24)16(18(19(21)31-15)30-13(3)25)22-20(26)28-9-14-7-5-4-6-8-14/h4-8,15-19H,9-10H2,1-3H3,(H,22,26)/t15-,16+,17-,18-,19+/m1/s1. The molecule has 170 valence electrons. The molecule has 1 aliphatic rings. The summed E-state index contributed by atoms with van der Waals surface area (Å²) >= 11 is 3.26. The summed E-state index contributed by atoms with van der Waals surface area (Å²) in [5, 5.41) is 1.70. The lowest BCUT2D eigenvalue weighted by Crippen LogP contribution is -2.65. The third kappa shape index (κ3) is 7.83. The van der Waals surface area contributed by atoms with E-state index in [4.69, 9.17) is 23.7 Å². The van der Waals surface area contributed by atoms with E-state index in [0.717, 1.165) is 5.56 Å². The van der Waals surface area contributed by atoms with Gasteiger partial charge in [0, 0.05) is 20.8 Å². The minimum Gasteiger partial charge on any atom is -0.463 e. The first-order valence-electron chi connectivity index (χ1n) is 9.42. The zero-order chi connectivity index (χ0) is 23.0. The first-order chi connectivity index (χ1) is 14.7. The summed E-state index contributed by atoms with van der Waals surface area (Å²) in [5.41, 5.74) is 0.767. The van der Waals surface area contributed by atoms with Crippen molar-refractivity contribution < 1.29 is 42.9 Å². The highest BCUT2D eigenvalue weighted by Gasteiger charge is 2.50. The third-order valence-electron chi connectivity index (χ3n) is 4.19. The minimum absolute atomic E-state index is 0.000967. The van der Waals surface area contributed by atoms with Gasteiger partial charge in [0.25, 0.3) is 0 Å². The van der Waals surface area contributed by atoms with Crippen molar-refractivity contribution in [1.82, 2.24) is 5.32 Å².